The fraction of sp³-hybridized carbons (Fsp3) is 0.290. The number of benzene rings is 2. The number of anilines is 1. The van der Waals surface area contributed by atoms with Crippen LogP contribution in [-0.2, 0) is 0 Å². The number of nitrogens with zero attached hydrogens (tertiary/aromatic N) is 1. The van der Waals surface area contributed by atoms with Crippen LogP contribution < -0.4 is 4.90 Å². The van der Waals surface area contributed by atoms with E-state index in [2.05, 4.69) is 4.90 Å². The summed E-state index contributed by atoms with van der Waals surface area (Å²) in [4.78, 5) is 3.73. The highest BCUT2D eigenvalue weighted by Crippen LogP contribution is 2.66. The van der Waals surface area contributed by atoms with Crippen molar-refractivity contribution < 1.29 is 26.3 Å². The smallest absolute Gasteiger partial charge is 0.372 e. The fourth-order valence-corrected chi connectivity index (χ4v) is 7.27. The highest BCUT2D eigenvalue weighted by atomic mass is 32.1. The number of alkyl halides is 6. The lowest BCUT2D eigenvalue weighted by atomic mass is 9.94. The molecule has 0 aliphatic heterocycles. The summed E-state index contributed by atoms with van der Waals surface area (Å²) < 4.78 is 91.8. The van der Waals surface area contributed by atoms with Gasteiger partial charge in [-0.2, -0.15) is 26.3 Å². The number of allylic oxidation sites excluding steroid dienone is 2. The SMILES string of the molecule is CCN(CC)c1ccc(-c2cc(C3=C(c4cc(-c5ccccc5)sc4C)C(F)(F)C(F)(F)C3(F)F)c(C)s2)cc1. The number of halogens is 6. The Bertz CT molecular complexity index is 1560. The van der Waals surface area contributed by atoms with Gasteiger partial charge in [0.2, 0.25) is 0 Å². The Balaban J connectivity index is 1.69. The van der Waals surface area contributed by atoms with Crippen LogP contribution in [0.2, 0.25) is 0 Å². The first-order valence-electron chi connectivity index (χ1n) is 12.9. The van der Waals surface area contributed by atoms with E-state index in [1.54, 1.807) is 30.3 Å². The van der Waals surface area contributed by atoms with E-state index < -0.39 is 28.9 Å². The predicted octanol–water partition coefficient (Wildman–Crippen LogP) is 10.4. The maximum Gasteiger partial charge on any atom is 0.380 e. The highest BCUT2D eigenvalue weighted by Gasteiger charge is 2.80. The van der Waals surface area contributed by atoms with Crippen molar-refractivity contribution in [3.05, 3.63) is 87.6 Å². The summed E-state index contributed by atoms with van der Waals surface area (Å²) >= 11 is 2.22. The molecule has 2 aromatic carbocycles. The molecule has 0 radical (unpaired) electrons. The highest BCUT2D eigenvalue weighted by molar-refractivity contribution is 7.16. The maximum atomic E-state index is 15.5. The quantitative estimate of drug-likeness (QED) is 0.193. The Labute approximate surface area is 237 Å². The van der Waals surface area contributed by atoms with Gasteiger partial charge in [0.15, 0.2) is 0 Å². The Morgan fingerprint density at radius 1 is 0.625 bits per heavy atom. The third kappa shape index (κ3) is 4.29. The third-order valence-electron chi connectivity index (χ3n) is 7.38. The van der Waals surface area contributed by atoms with Gasteiger partial charge in [-0.15, -0.1) is 22.7 Å². The topological polar surface area (TPSA) is 3.24 Å². The summed E-state index contributed by atoms with van der Waals surface area (Å²) in [5, 5.41) is 0. The van der Waals surface area contributed by atoms with Crippen molar-refractivity contribution in [2.24, 2.45) is 0 Å². The molecule has 40 heavy (non-hydrogen) atoms. The summed E-state index contributed by atoms with van der Waals surface area (Å²) in [6.45, 7) is 8.66. The molecule has 0 fully saturated rings. The van der Waals surface area contributed by atoms with Crippen LogP contribution in [0.5, 0.6) is 0 Å². The van der Waals surface area contributed by atoms with Crippen molar-refractivity contribution in [1.29, 1.82) is 0 Å². The van der Waals surface area contributed by atoms with Crippen LogP contribution in [0.1, 0.15) is 34.7 Å². The van der Waals surface area contributed by atoms with Crippen LogP contribution in [0.25, 0.3) is 32.0 Å². The summed E-state index contributed by atoms with van der Waals surface area (Å²) in [5.41, 5.74) is -0.809. The fourth-order valence-electron chi connectivity index (χ4n) is 5.21. The molecule has 0 N–H and O–H groups in total. The third-order valence-corrected chi connectivity index (χ3v) is 9.58. The van der Waals surface area contributed by atoms with Gasteiger partial charge in [0, 0.05) is 49.4 Å². The molecule has 1 aliphatic rings. The lowest BCUT2D eigenvalue weighted by Gasteiger charge is -2.25. The van der Waals surface area contributed by atoms with Gasteiger partial charge >= 0.3 is 17.8 Å². The standard InChI is InChI=1S/C31H27F6NS2/c1-5-38(6-2)22-14-12-21(13-15-22)26-17-24(19(4)40-26)28-27(29(32,33)31(36,37)30(28,34)35)23-16-25(39-18(23)3)20-10-8-7-9-11-20/h7-17H,5-6H2,1-4H3. The minimum absolute atomic E-state index is 0.264. The van der Waals surface area contributed by atoms with Gasteiger partial charge < -0.3 is 4.90 Å². The molecule has 1 aliphatic carbocycles. The minimum Gasteiger partial charge on any atom is -0.372 e. The van der Waals surface area contributed by atoms with Crippen molar-refractivity contribution in [3.8, 4) is 20.9 Å². The zero-order valence-corrected chi connectivity index (χ0v) is 23.9. The average Bonchev–Trinajstić information content (AvgIpc) is 3.52. The van der Waals surface area contributed by atoms with Crippen LogP contribution in [0, 0.1) is 13.8 Å². The van der Waals surface area contributed by atoms with E-state index in [4.69, 9.17) is 0 Å². The Morgan fingerprint density at radius 3 is 1.48 bits per heavy atom. The molecular weight excluding hydrogens is 564 g/mol. The second-order valence-electron chi connectivity index (χ2n) is 9.72. The molecule has 0 saturated carbocycles. The summed E-state index contributed by atoms with van der Waals surface area (Å²) in [6, 6.07) is 18.9. The molecule has 0 spiro atoms. The molecular formula is C31H27F6NS2. The van der Waals surface area contributed by atoms with E-state index in [1.165, 1.54) is 26.0 Å². The van der Waals surface area contributed by atoms with E-state index in [1.807, 2.05) is 38.1 Å². The van der Waals surface area contributed by atoms with Crippen LogP contribution >= 0.6 is 22.7 Å². The second kappa shape index (κ2) is 10.1. The second-order valence-corrected chi connectivity index (χ2v) is 12.2. The summed E-state index contributed by atoms with van der Waals surface area (Å²) in [5.74, 6) is -15.7. The van der Waals surface area contributed by atoms with Crippen molar-refractivity contribution >= 4 is 39.5 Å². The van der Waals surface area contributed by atoms with Gasteiger partial charge in [-0.05, 0) is 74.2 Å². The predicted molar refractivity (Wildman–Crippen MR) is 154 cm³/mol. The number of hydrogen-bond donors (Lipinski definition) is 0. The average molecular weight is 592 g/mol. The van der Waals surface area contributed by atoms with Crippen molar-refractivity contribution in [3.63, 3.8) is 0 Å². The van der Waals surface area contributed by atoms with Crippen LogP contribution in [0.15, 0.2) is 66.7 Å². The van der Waals surface area contributed by atoms with Crippen molar-refractivity contribution in [2.75, 3.05) is 18.0 Å². The van der Waals surface area contributed by atoms with Crippen LogP contribution in [0.4, 0.5) is 32.0 Å². The van der Waals surface area contributed by atoms with Gasteiger partial charge in [-0.1, -0.05) is 42.5 Å². The largest absolute Gasteiger partial charge is 0.380 e. The Kier molecular flexibility index (Phi) is 7.19. The van der Waals surface area contributed by atoms with Gasteiger partial charge in [0.05, 0.1) is 0 Å². The molecule has 0 unspecified atom stereocenters. The zero-order valence-electron chi connectivity index (χ0n) is 22.3. The first-order chi connectivity index (χ1) is 18.8. The molecule has 2 heterocycles. The monoisotopic (exact) mass is 591 g/mol. The van der Waals surface area contributed by atoms with Gasteiger partial charge in [0.25, 0.3) is 0 Å². The van der Waals surface area contributed by atoms with E-state index in [0.29, 0.717) is 20.9 Å². The zero-order chi connectivity index (χ0) is 29.0. The van der Waals surface area contributed by atoms with Gasteiger partial charge in [-0.25, -0.2) is 0 Å². The number of rotatable bonds is 7. The Hall–Kier alpha value is -3.04. The number of thiophene rings is 2. The first kappa shape index (κ1) is 28.5. The summed E-state index contributed by atoms with van der Waals surface area (Å²) in [6.07, 6.45) is 0. The van der Waals surface area contributed by atoms with Crippen molar-refractivity contribution in [1.82, 2.24) is 0 Å². The van der Waals surface area contributed by atoms with E-state index in [0.717, 1.165) is 41.5 Å². The molecule has 1 nitrogen and oxygen atoms in total. The molecule has 210 valence electrons. The molecule has 5 rings (SSSR count). The van der Waals surface area contributed by atoms with E-state index >= 15 is 17.6 Å². The molecule has 0 atom stereocenters. The van der Waals surface area contributed by atoms with Crippen LogP contribution in [-0.4, -0.2) is 30.9 Å². The lowest BCUT2D eigenvalue weighted by Crippen LogP contribution is -2.48. The molecule has 9 heteroatoms. The van der Waals surface area contributed by atoms with E-state index in [-0.39, 0.29) is 20.9 Å². The van der Waals surface area contributed by atoms with Gasteiger partial charge in [0.1, 0.15) is 0 Å². The van der Waals surface area contributed by atoms with E-state index in [9.17, 15) is 8.78 Å². The normalized spacial score (nSPS) is 17.4. The summed E-state index contributed by atoms with van der Waals surface area (Å²) in [7, 11) is 0. The molecule has 0 amide bonds. The lowest BCUT2D eigenvalue weighted by molar-refractivity contribution is -0.254. The molecule has 4 aromatic rings. The molecule has 0 saturated heterocycles. The molecule has 2 aromatic heterocycles. The number of hydrogen-bond acceptors (Lipinski definition) is 3. The molecule has 0 bridgehead atoms. The van der Waals surface area contributed by atoms with Crippen molar-refractivity contribution in [2.45, 2.75) is 45.5 Å². The van der Waals surface area contributed by atoms with Crippen LogP contribution in [0.3, 0.4) is 0 Å². The Morgan fingerprint density at radius 2 is 1.05 bits per heavy atom. The first-order valence-corrected chi connectivity index (χ1v) is 14.5. The van der Waals surface area contributed by atoms with Gasteiger partial charge in [-0.3, -0.25) is 0 Å². The maximum absolute atomic E-state index is 15.5. The number of aryl methyl sites for hydroxylation is 2. The minimum atomic E-state index is -5.59.